The van der Waals surface area contributed by atoms with E-state index in [4.69, 9.17) is 14.6 Å². The van der Waals surface area contributed by atoms with Crippen molar-refractivity contribution in [3.05, 3.63) is 35.9 Å². The van der Waals surface area contributed by atoms with Crippen LogP contribution >= 0.6 is 0 Å². The highest BCUT2D eigenvalue weighted by Crippen LogP contribution is 2.32. The topological polar surface area (TPSA) is 78.9 Å². The number of carbonyl (C=O) groups excluding carboxylic acids is 1. The first kappa shape index (κ1) is 24.5. The summed E-state index contributed by atoms with van der Waals surface area (Å²) in [7, 11) is 0. The van der Waals surface area contributed by atoms with E-state index in [2.05, 4.69) is 40.5 Å². The summed E-state index contributed by atoms with van der Waals surface area (Å²) in [5, 5.41) is 10.3. The van der Waals surface area contributed by atoms with Gasteiger partial charge in [-0.1, -0.05) is 30.3 Å². The molecule has 3 atom stereocenters. The van der Waals surface area contributed by atoms with Gasteiger partial charge in [0.15, 0.2) is 0 Å². The summed E-state index contributed by atoms with van der Waals surface area (Å²) in [6, 6.07) is 10.7. The molecular formula is C23H31F3N2O4. The van der Waals surface area contributed by atoms with Gasteiger partial charge in [0.1, 0.15) is 0 Å². The minimum Gasteiger partial charge on any atom is -0.475 e. The lowest BCUT2D eigenvalue weighted by molar-refractivity contribution is -0.192. The molecule has 3 fully saturated rings. The number of carboxylic acids is 1. The van der Waals surface area contributed by atoms with Gasteiger partial charge in [-0.3, -0.25) is 4.79 Å². The fourth-order valence-electron chi connectivity index (χ4n) is 4.23. The van der Waals surface area contributed by atoms with Gasteiger partial charge in [-0.15, -0.1) is 0 Å². The van der Waals surface area contributed by atoms with Crippen LogP contribution in [-0.4, -0.2) is 66.9 Å². The molecule has 0 bridgehead atoms. The van der Waals surface area contributed by atoms with Crippen molar-refractivity contribution in [2.24, 2.45) is 17.8 Å². The van der Waals surface area contributed by atoms with Crippen molar-refractivity contribution in [1.29, 1.82) is 0 Å². The molecular weight excluding hydrogens is 425 g/mol. The largest absolute Gasteiger partial charge is 0.490 e. The van der Waals surface area contributed by atoms with Gasteiger partial charge in [0, 0.05) is 26.2 Å². The lowest BCUT2D eigenvalue weighted by Gasteiger charge is -2.43. The van der Waals surface area contributed by atoms with Gasteiger partial charge >= 0.3 is 12.1 Å². The minimum absolute atomic E-state index is 0.0501. The lowest BCUT2D eigenvalue weighted by atomic mass is 9.83. The maximum atomic E-state index is 12.4. The molecule has 6 nitrogen and oxygen atoms in total. The van der Waals surface area contributed by atoms with Crippen molar-refractivity contribution < 1.29 is 32.6 Å². The zero-order valence-corrected chi connectivity index (χ0v) is 18.0. The highest BCUT2D eigenvalue weighted by atomic mass is 19.4. The van der Waals surface area contributed by atoms with Gasteiger partial charge in [0.05, 0.1) is 18.6 Å². The van der Waals surface area contributed by atoms with Crippen LogP contribution < -0.4 is 5.32 Å². The summed E-state index contributed by atoms with van der Waals surface area (Å²) in [5.74, 6) is -1.24. The molecule has 0 unspecified atom stereocenters. The number of rotatable bonds is 6. The van der Waals surface area contributed by atoms with Crippen LogP contribution in [0.25, 0.3) is 0 Å². The molecule has 1 aliphatic carbocycles. The Morgan fingerprint density at radius 3 is 2.47 bits per heavy atom. The molecule has 4 rings (SSSR count). The van der Waals surface area contributed by atoms with Crippen LogP contribution in [0, 0.1) is 17.8 Å². The summed E-state index contributed by atoms with van der Waals surface area (Å²) in [5.41, 5.74) is 1.40. The van der Waals surface area contributed by atoms with Crippen LogP contribution in [0.1, 0.15) is 31.2 Å². The number of hydrogen-bond donors (Lipinski definition) is 2. The van der Waals surface area contributed by atoms with Gasteiger partial charge in [-0.05, 0) is 49.5 Å². The first-order chi connectivity index (χ1) is 15.2. The van der Waals surface area contributed by atoms with Crippen LogP contribution in [0.2, 0.25) is 0 Å². The first-order valence-corrected chi connectivity index (χ1v) is 11.2. The van der Waals surface area contributed by atoms with Crippen molar-refractivity contribution in [2.75, 3.05) is 32.8 Å². The summed E-state index contributed by atoms with van der Waals surface area (Å²) < 4.78 is 37.8. The predicted octanol–water partition coefficient (Wildman–Crippen LogP) is 3.12. The van der Waals surface area contributed by atoms with Crippen LogP contribution in [-0.2, 0) is 20.7 Å². The molecule has 1 saturated carbocycles. The number of carbonyl (C=O) groups is 2. The zero-order valence-electron chi connectivity index (χ0n) is 18.0. The molecule has 1 amide bonds. The molecule has 178 valence electrons. The minimum atomic E-state index is -5.08. The van der Waals surface area contributed by atoms with E-state index < -0.39 is 12.1 Å². The van der Waals surface area contributed by atoms with Crippen molar-refractivity contribution in [3.8, 4) is 0 Å². The molecule has 2 heterocycles. The Balaban J connectivity index is 0.000000360. The number of nitrogens with one attached hydrogen (secondary N) is 1. The number of likely N-dealkylation sites (tertiary alicyclic amines) is 1. The van der Waals surface area contributed by atoms with E-state index in [1.807, 2.05) is 0 Å². The maximum absolute atomic E-state index is 12.4. The van der Waals surface area contributed by atoms with Crippen molar-refractivity contribution in [1.82, 2.24) is 10.2 Å². The van der Waals surface area contributed by atoms with Crippen LogP contribution in [0.15, 0.2) is 30.3 Å². The molecule has 0 radical (unpaired) electrons. The average Bonchev–Trinajstić information content (AvgIpc) is 3.60. The smallest absolute Gasteiger partial charge is 0.475 e. The number of hydrogen-bond acceptors (Lipinski definition) is 4. The van der Waals surface area contributed by atoms with E-state index in [1.54, 1.807) is 0 Å². The lowest BCUT2D eigenvalue weighted by Crippen LogP contribution is -2.50. The number of nitrogens with zero attached hydrogens (tertiary/aromatic N) is 1. The van der Waals surface area contributed by atoms with Crippen LogP contribution in [0.5, 0.6) is 0 Å². The summed E-state index contributed by atoms with van der Waals surface area (Å²) in [6.07, 6.45) is 1.04. The number of ether oxygens (including phenoxy) is 1. The van der Waals surface area contributed by atoms with E-state index in [0.29, 0.717) is 18.6 Å². The molecule has 9 heteroatoms. The molecule has 2 aliphatic heterocycles. The quantitative estimate of drug-likeness (QED) is 0.688. The molecule has 0 spiro atoms. The second-order valence-electron chi connectivity index (χ2n) is 8.88. The summed E-state index contributed by atoms with van der Waals surface area (Å²) in [4.78, 5) is 23.8. The van der Waals surface area contributed by atoms with Gasteiger partial charge < -0.3 is 20.1 Å². The fraction of sp³-hybridized carbons (Fsp3) is 0.652. The van der Waals surface area contributed by atoms with Crippen molar-refractivity contribution >= 4 is 11.9 Å². The van der Waals surface area contributed by atoms with Gasteiger partial charge in [-0.25, -0.2) is 4.79 Å². The Bertz CT molecular complexity index is 755. The van der Waals surface area contributed by atoms with Crippen LogP contribution in [0.3, 0.4) is 0 Å². The van der Waals surface area contributed by atoms with E-state index in [9.17, 15) is 18.0 Å². The molecule has 2 saturated heterocycles. The second kappa shape index (κ2) is 11.1. The van der Waals surface area contributed by atoms with E-state index in [-0.39, 0.29) is 11.8 Å². The Morgan fingerprint density at radius 1 is 1.16 bits per heavy atom. The third-order valence-electron chi connectivity index (χ3n) is 6.28. The third-order valence-corrected chi connectivity index (χ3v) is 6.28. The van der Waals surface area contributed by atoms with Crippen LogP contribution in [0.4, 0.5) is 13.2 Å². The molecule has 2 N–H and O–H groups in total. The highest BCUT2D eigenvalue weighted by molar-refractivity contribution is 5.78. The SMILES string of the molecule is O=C(NCC1CC1)[C@H]1CO[C@H]2CCN(CCc3ccccc3)C[C@H]2C1.O=C(O)C(F)(F)F. The number of benzene rings is 1. The predicted molar refractivity (Wildman–Crippen MR) is 112 cm³/mol. The van der Waals surface area contributed by atoms with Crippen molar-refractivity contribution in [2.45, 2.75) is 44.4 Å². The van der Waals surface area contributed by atoms with E-state index >= 15 is 0 Å². The Hall–Kier alpha value is -2.13. The van der Waals surface area contributed by atoms with Gasteiger partial charge in [0.25, 0.3) is 0 Å². The molecule has 32 heavy (non-hydrogen) atoms. The van der Waals surface area contributed by atoms with Gasteiger partial charge in [0.2, 0.25) is 5.91 Å². The molecule has 1 aromatic rings. The standard InChI is InChI=1S/C21H30N2O2.C2HF3O2/c24-21(22-13-17-6-7-17)19-12-18-14-23(11-9-20(18)25-15-19)10-8-16-4-2-1-3-5-16;3-2(4,5)1(6)7/h1-5,17-20H,6-15H2,(H,22,24);(H,6,7)/t18-,19-,20+;/m1./s1. The highest BCUT2D eigenvalue weighted by Gasteiger charge is 2.39. The van der Waals surface area contributed by atoms with E-state index in [0.717, 1.165) is 51.4 Å². The normalized spacial score (nSPS) is 25.8. The Labute approximate surface area is 186 Å². The zero-order chi connectivity index (χ0) is 23.1. The maximum Gasteiger partial charge on any atom is 0.490 e. The first-order valence-electron chi connectivity index (χ1n) is 11.2. The number of alkyl halides is 3. The third kappa shape index (κ3) is 7.78. The number of aliphatic carboxylic acids is 1. The molecule has 3 aliphatic rings. The summed E-state index contributed by atoms with van der Waals surface area (Å²) in [6.45, 7) is 4.77. The Kier molecular flexibility index (Phi) is 8.53. The fourth-order valence-corrected chi connectivity index (χ4v) is 4.23. The number of amides is 1. The number of fused-ring (bicyclic) bond motifs is 1. The number of piperidine rings is 1. The Morgan fingerprint density at radius 2 is 1.84 bits per heavy atom. The molecule has 0 aromatic heterocycles. The average molecular weight is 457 g/mol. The number of carboxylic acid groups (broad SMARTS) is 1. The second-order valence-corrected chi connectivity index (χ2v) is 8.88. The van der Waals surface area contributed by atoms with E-state index in [1.165, 1.54) is 18.4 Å². The van der Waals surface area contributed by atoms with Gasteiger partial charge in [-0.2, -0.15) is 13.2 Å². The van der Waals surface area contributed by atoms with Crippen molar-refractivity contribution in [3.63, 3.8) is 0 Å². The number of halogens is 3. The monoisotopic (exact) mass is 456 g/mol. The molecule has 1 aromatic carbocycles. The summed E-state index contributed by atoms with van der Waals surface area (Å²) >= 11 is 0.